The Hall–Kier alpha value is -0.310. The molecule has 0 aliphatic carbocycles. The maximum absolute atomic E-state index is 4.68. The summed E-state index contributed by atoms with van der Waals surface area (Å²) in [6, 6.07) is 2.71. The van der Waals surface area contributed by atoms with Gasteiger partial charge in [0.1, 0.15) is 0 Å². The molecule has 0 aliphatic heterocycles. The minimum atomic E-state index is 0.285. The van der Waals surface area contributed by atoms with Gasteiger partial charge in [-0.05, 0) is 30.7 Å². The van der Waals surface area contributed by atoms with Crippen molar-refractivity contribution >= 4 is 15.9 Å². The minimum Gasteiger partial charge on any atom is -0.269 e. The van der Waals surface area contributed by atoms with Gasteiger partial charge in [-0.2, -0.15) is 5.10 Å². The van der Waals surface area contributed by atoms with Gasteiger partial charge < -0.3 is 0 Å². The Morgan fingerprint density at radius 1 is 1.38 bits per heavy atom. The first-order valence-corrected chi connectivity index (χ1v) is 7.24. The summed E-state index contributed by atoms with van der Waals surface area (Å²) in [6.45, 7) is 8.96. The van der Waals surface area contributed by atoms with Crippen molar-refractivity contribution in [1.29, 1.82) is 0 Å². The highest BCUT2D eigenvalue weighted by atomic mass is 79.9. The molecule has 92 valence electrons. The van der Waals surface area contributed by atoms with Crippen LogP contribution in [0.4, 0.5) is 0 Å². The Balaban J connectivity index is 2.71. The predicted octanol–water partition coefficient (Wildman–Crippen LogP) is 4.21. The maximum atomic E-state index is 4.68. The van der Waals surface area contributed by atoms with Crippen LogP contribution in [0.2, 0.25) is 0 Å². The molecule has 0 aromatic carbocycles. The molecular weight excluding hydrogens is 264 g/mol. The van der Waals surface area contributed by atoms with Crippen LogP contribution in [0.25, 0.3) is 0 Å². The zero-order valence-electron chi connectivity index (χ0n) is 10.8. The fraction of sp³-hybridized carbons (Fsp3) is 0.769. The van der Waals surface area contributed by atoms with Gasteiger partial charge in [0, 0.05) is 11.5 Å². The molecule has 1 heterocycles. The van der Waals surface area contributed by atoms with Gasteiger partial charge in [0.25, 0.3) is 0 Å². The highest BCUT2D eigenvalue weighted by Gasteiger charge is 2.18. The van der Waals surface area contributed by atoms with Crippen molar-refractivity contribution in [1.82, 2.24) is 9.78 Å². The summed E-state index contributed by atoms with van der Waals surface area (Å²) < 4.78 is 2.12. The van der Waals surface area contributed by atoms with E-state index in [1.807, 2.05) is 0 Å². The molecule has 0 saturated heterocycles. The first-order valence-electron chi connectivity index (χ1n) is 6.12. The van der Waals surface area contributed by atoms with Gasteiger partial charge in [-0.1, -0.05) is 43.6 Å². The molecule has 0 bridgehead atoms. The number of halogens is 1. The summed E-state index contributed by atoms with van der Waals surface area (Å²) in [5.41, 5.74) is 1.49. The van der Waals surface area contributed by atoms with Crippen LogP contribution in [0.3, 0.4) is 0 Å². The second kappa shape index (κ2) is 5.85. The van der Waals surface area contributed by atoms with Gasteiger partial charge in [0.2, 0.25) is 0 Å². The lowest BCUT2D eigenvalue weighted by atomic mass is 9.91. The summed E-state index contributed by atoms with van der Waals surface area (Å²) in [4.78, 5) is 0. The average Bonchev–Trinajstić information content (AvgIpc) is 2.68. The van der Waals surface area contributed by atoms with E-state index in [-0.39, 0.29) is 5.41 Å². The summed E-state index contributed by atoms with van der Waals surface area (Å²) in [6.07, 6.45) is 5.46. The normalized spacial score (nSPS) is 12.4. The predicted molar refractivity (Wildman–Crippen MR) is 73.1 cm³/mol. The summed E-state index contributed by atoms with van der Waals surface area (Å²) in [5, 5.41) is 5.69. The second-order valence-electron chi connectivity index (χ2n) is 5.23. The molecule has 1 aromatic heterocycles. The van der Waals surface area contributed by atoms with Crippen molar-refractivity contribution in [3.8, 4) is 0 Å². The standard InChI is InChI=1S/C13H23BrN2/c1-5-12(6-2)16-8-7-11(15-16)9-13(3,4)10-14/h7-8,12H,5-6,9-10H2,1-4H3. The third kappa shape index (κ3) is 3.62. The number of nitrogens with zero attached hydrogens (tertiary/aromatic N) is 2. The topological polar surface area (TPSA) is 17.8 Å². The van der Waals surface area contributed by atoms with Crippen LogP contribution in [0.5, 0.6) is 0 Å². The number of hydrogen-bond acceptors (Lipinski definition) is 1. The third-order valence-corrected chi connectivity index (χ3v) is 4.52. The molecule has 1 aromatic rings. The SMILES string of the molecule is CCC(CC)n1ccc(CC(C)(C)CBr)n1. The Labute approximate surface area is 108 Å². The van der Waals surface area contributed by atoms with Crippen molar-refractivity contribution < 1.29 is 0 Å². The van der Waals surface area contributed by atoms with Gasteiger partial charge in [-0.3, -0.25) is 4.68 Å². The zero-order chi connectivity index (χ0) is 12.2. The molecule has 0 atom stereocenters. The largest absolute Gasteiger partial charge is 0.269 e. The van der Waals surface area contributed by atoms with Crippen molar-refractivity contribution in [3.05, 3.63) is 18.0 Å². The quantitative estimate of drug-likeness (QED) is 0.717. The first kappa shape index (κ1) is 13.8. The number of aromatic nitrogens is 2. The lowest BCUT2D eigenvalue weighted by molar-refractivity contribution is 0.398. The molecule has 0 unspecified atom stereocenters. The molecule has 0 radical (unpaired) electrons. The first-order chi connectivity index (χ1) is 7.52. The van der Waals surface area contributed by atoms with Crippen LogP contribution in [-0.4, -0.2) is 15.1 Å². The number of rotatable bonds is 6. The number of hydrogen-bond donors (Lipinski definition) is 0. The summed E-state index contributed by atoms with van der Waals surface area (Å²) in [7, 11) is 0. The average molecular weight is 287 g/mol. The maximum Gasteiger partial charge on any atom is 0.0630 e. The van der Waals surface area contributed by atoms with E-state index in [1.165, 1.54) is 5.69 Å². The molecular formula is C13H23BrN2. The molecule has 3 heteroatoms. The molecule has 0 saturated carbocycles. The van der Waals surface area contributed by atoms with Crippen molar-refractivity contribution in [3.63, 3.8) is 0 Å². The second-order valence-corrected chi connectivity index (χ2v) is 5.79. The third-order valence-electron chi connectivity index (χ3n) is 3.00. The van der Waals surface area contributed by atoms with E-state index in [9.17, 15) is 0 Å². The highest BCUT2D eigenvalue weighted by molar-refractivity contribution is 9.09. The van der Waals surface area contributed by atoms with Crippen LogP contribution in [0.1, 0.15) is 52.3 Å². The molecule has 16 heavy (non-hydrogen) atoms. The fourth-order valence-electron chi connectivity index (χ4n) is 1.88. The van der Waals surface area contributed by atoms with Crippen molar-refractivity contribution in [2.24, 2.45) is 5.41 Å². The van der Waals surface area contributed by atoms with Gasteiger partial charge in [0.15, 0.2) is 0 Å². The summed E-state index contributed by atoms with van der Waals surface area (Å²) >= 11 is 3.56. The van der Waals surface area contributed by atoms with Gasteiger partial charge in [-0.15, -0.1) is 0 Å². The Morgan fingerprint density at radius 3 is 2.50 bits per heavy atom. The number of alkyl halides is 1. The molecule has 0 amide bonds. The van der Waals surface area contributed by atoms with E-state index in [0.29, 0.717) is 6.04 Å². The fourth-order valence-corrected chi connectivity index (χ4v) is 2.07. The van der Waals surface area contributed by atoms with Crippen LogP contribution in [-0.2, 0) is 6.42 Å². The van der Waals surface area contributed by atoms with E-state index in [1.54, 1.807) is 0 Å². The molecule has 1 rings (SSSR count). The Morgan fingerprint density at radius 2 is 2.00 bits per heavy atom. The van der Waals surface area contributed by atoms with Crippen LogP contribution in [0, 0.1) is 5.41 Å². The van der Waals surface area contributed by atoms with E-state index in [0.717, 1.165) is 24.6 Å². The molecule has 0 spiro atoms. The molecule has 0 aliphatic rings. The van der Waals surface area contributed by atoms with Gasteiger partial charge >= 0.3 is 0 Å². The van der Waals surface area contributed by atoms with E-state index in [4.69, 9.17) is 0 Å². The lowest BCUT2D eigenvalue weighted by Crippen LogP contribution is -2.17. The lowest BCUT2D eigenvalue weighted by Gasteiger charge is -2.20. The van der Waals surface area contributed by atoms with Crippen molar-refractivity contribution in [2.45, 2.75) is 53.0 Å². The van der Waals surface area contributed by atoms with Crippen LogP contribution >= 0.6 is 15.9 Å². The van der Waals surface area contributed by atoms with Crippen LogP contribution in [0.15, 0.2) is 12.3 Å². The van der Waals surface area contributed by atoms with Crippen LogP contribution < -0.4 is 0 Å². The Kier molecular flexibility index (Phi) is 5.03. The van der Waals surface area contributed by atoms with Crippen molar-refractivity contribution in [2.75, 3.05) is 5.33 Å². The summed E-state index contributed by atoms with van der Waals surface area (Å²) in [5.74, 6) is 0. The van der Waals surface area contributed by atoms with Gasteiger partial charge in [-0.25, -0.2) is 0 Å². The van der Waals surface area contributed by atoms with E-state index >= 15 is 0 Å². The van der Waals surface area contributed by atoms with E-state index < -0.39 is 0 Å². The Bertz CT molecular complexity index is 313. The molecule has 0 N–H and O–H groups in total. The molecule has 0 fully saturated rings. The van der Waals surface area contributed by atoms with Gasteiger partial charge in [0.05, 0.1) is 11.7 Å². The monoisotopic (exact) mass is 286 g/mol. The zero-order valence-corrected chi connectivity index (χ0v) is 12.4. The molecule has 2 nitrogen and oxygen atoms in total. The minimum absolute atomic E-state index is 0.285. The smallest absolute Gasteiger partial charge is 0.0630 e. The van der Waals surface area contributed by atoms with E-state index in [2.05, 4.69) is 65.7 Å². The highest BCUT2D eigenvalue weighted by Crippen LogP contribution is 2.24.